The van der Waals surface area contributed by atoms with Gasteiger partial charge in [-0.05, 0) is 18.9 Å². The van der Waals surface area contributed by atoms with E-state index in [1.165, 1.54) is 11.3 Å². The van der Waals surface area contributed by atoms with Crippen molar-refractivity contribution in [1.82, 2.24) is 20.5 Å². The largest absolute Gasteiger partial charge is 0.472 e. The van der Waals surface area contributed by atoms with Crippen LogP contribution in [0.3, 0.4) is 0 Å². The minimum absolute atomic E-state index is 0.0387. The lowest BCUT2D eigenvalue weighted by atomic mass is 10.1. The number of carbonyl (C=O) groups is 2. The number of aromatic nitrogens is 1. The number of amides is 2. The summed E-state index contributed by atoms with van der Waals surface area (Å²) in [5.74, 6) is -0.0782. The molecule has 3 rings (SSSR count). The van der Waals surface area contributed by atoms with E-state index in [9.17, 15) is 9.59 Å². The maximum atomic E-state index is 12.2. The number of nitrogen functional groups attached to an aromatic ring is 1. The number of furan rings is 1. The summed E-state index contributed by atoms with van der Waals surface area (Å²) in [7, 11) is 1.63. The van der Waals surface area contributed by atoms with Crippen molar-refractivity contribution in [3.63, 3.8) is 0 Å². The molecular formula is C17H23N5O3S. The van der Waals surface area contributed by atoms with Gasteiger partial charge >= 0.3 is 0 Å². The average molecular weight is 377 g/mol. The predicted molar refractivity (Wildman–Crippen MR) is 98.4 cm³/mol. The van der Waals surface area contributed by atoms with E-state index in [1.807, 2.05) is 11.4 Å². The Labute approximate surface area is 155 Å². The normalized spacial score (nSPS) is 20.2. The van der Waals surface area contributed by atoms with Crippen molar-refractivity contribution in [2.75, 3.05) is 19.3 Å². The van der Waals surface area contributed by atoms with E-state index < -0.39 is 0 Å². The van der Waals surface area contributed by atoms with Crippen LogP contribution >= 0.6 is 11.3 Å². The highest BCUT2D eigenvalue weighted by Gasteiger charge is 2.37. The minimum atomic E-state index is -0.265. The van der Waals surface area contributed by atoms with Crippen LogP contribution in [-0.2, 0) is 22.6 Å². The highest BCUT2D eigenvalue weighted by Crippen LogP contribution is 2.21. The second-order valence-electron chi connectivity index (χ2n) is 6.37. The van der Waals surface area contributed by atoms with E-state index in [2.05, 4.69) is 20.5 Å². The number of carbonyl (C=O) groups excluding carboxylic acids is 2. The van der Waals surface area contributed by atoms with Crippen molar-refractivity contribution in [1.29, 1.82) is 0 Å². The van der Waals surface area contributed by atoms with E-state index in [4.69, 9.17) is 10.2 Å². The number of rotatable bonds is 7. The predicted octanol–water partition coefficient (Wildman–Crippen LogP) is 0.756. The number of likely N-dealkylation sites (N-methyl/N-ethyl adjacent to an activating group) is 1. The van der Waals surface area contributed by atoms with Gasteiger partial charge in [0.05, 0.1) is 24.3 Å². The summed E-state index contributed by atoms with van der Waals surface area (Å²) in [5.41, 5.74) is 7.44. The number of likely N-dealkylation sites (tertiary alicyclic amines) is 1. The van der Waals surface area contributed by atoms with Gasteiger partial charge in [-0.25, -0.2) is 4.98 Å². The molecule has 140 valence electrons. The van der Waals surface area contributed by atoms with Crippen LogP contribution in [0.2, 0.25) is 0 Å². The van der Waals surface area contributed by atoms with E-state index in [1.54, 1.807) is 19.6 Å². The molecule has 0 saturated carbocycles. The molecule has 2 amide bonds. The summed E-state index contributed by atoms with van der Waals surface area (Å²) in [5, 5.41) is 8.12. The molecule has 0 unspecified atom stereocenters. The Balaban J connectivity index is 1.54. The molecule has 2 atom stereocenters. The zero-order valence-electron chi connectivity index (χ0n) is 14.6. The molecule has 26 heavy (non-hydrogen) atoms. The Morgan fingerprint density at radius 3 is 3.00 bits per heavy atom. The molecule has 1 aliphatic rings. The summed E-state index contributed by atoms with van der Waals surface area (Å²) >= 11 is 1.37. The van der Waals surface area contributed by atoms with Gasteiger partial charge in [-0.2, -0.15) is 0 Å². The average Bonchev–Trinajstić information content (AvgIpc) is 3.35. The summed E-state index contributed by atoms with van der Waals surface area (Å²) < 4.78 is 5.10. The molecule has 1 fully saturated rings. The van der Waals surface area contributed by atoms with Crippen molar-refractivity contribution in [3.05, 3.63) is 35.2 Å². The molecule has 2 aromatic heterocycles. The number of thiazole rings is 1. The maximum Gasteiger partial charge on any atom is 0.237 e. The molecule has 1 saturated heterocycles. The third kappa shape index (κ3) is 4.61. The van der Waals surface area contributed by atoms with Crippen LogP contribution in [0, 0.1) is 0 Å². The molecule has 0 aromatic carbocycles. The molecular weight excluding hydrogens is 354 g/mol. The summed E-state index contributed by atoms with van der Waals surface area (Å²) in [6.45, 7) is 1.23. The third-order valence-electron chi connectivity index (χ3n) is 4.46. The topological polar surface area (TPSA) is 113 Å². The lowest BCUT2D eigenvalue weighted by Crippen LogP contribution is -2.41. The van der Waals surface area contributed by atoms with Crippen molar-refractivity contribution in [2.24, 2.45) is 0 Å². The molecule has 9 heteroatoms. The molecule has 0 radical (unpaired) electrons. The molecule has 1 aliphatic heterocycles. The maximum absolute atomic E-state index is 12.2. The van der Waals surface area contributed by atoms with Gasteiger partial charge in [0.25, 0.3) is 0 Å². The Bertz CT molecular complexity index is 745. The van der Waals surface area contributed by atoms with Crippen molar-refractivity contribution in [2.45, 2.75) is 37.9 Å². The number of aryl methyl sites for hydroxylation is 1. The van der Waals surface area contributed by atoms with Gasteiger partial charge < -0.3 is 20.8 Å². The number of nitrogens with zero attached hydrogens (tertiary/aromatic N) is 2. The Morgan fingerprint density at radius 1 is 1.50 bits per heavy atom. The molecule has 0 aliphatic carbocycles. The summed E-state index contributed by atoms with van der Waals surface area (Å²) in [6, 6.07) is 1.56. The first-order valence-corrected chi connectivity index (χ1v) is 9.39. The zero-order valence-corrected chi connectivity index (χ0v) is 15.4. The van der Waals surface area contributed by atoms with Gasteiger partial charge in [-0.1, -0.05) is 0 Å². The van der Waals surface area contributed by atoms with Crippen LogP contribution in [0.15, 0.2) is 28.4 Å². The van der Waals surface area contributed by atoms with Crippen LogP contribution in [0.1, 0.15) is 24.1 Å². The van der Waals surface area contributed by atoms with E-state index >= 15 is 0 Å². The van der Waals surface area contributed by atoms with Crippen molar-refractivity contribution >= 4 is 28.3 Å². The quantitative estimate of drug-likeness (QED) is 0.656. The van der Waals surface area contributed by atoms with Crippen LogP contribution in [0.5, 0.6) is 0 Å². The highest BCUT2D eigenvalue weighted by molar-refractivity contribution is 7.13. The highest BCUT2D eigenvalue weighted by atomic mass is 32.1. The summed E-state index contributed by atoms with van der Waals surface area (Å²) in [6.07, 6.45) is 4.79. The van der Waals surface area contributed by atoms with E-state index in [0.29, 0.717) is 37.5 Å². The third-order valence-corrected chi connectivity index (χ3v) is 5.18. The SMILES string of the molecule is CNC(=O)[C@@H]1C[C@@H](NC(=O)CCc2csc(N)n2)CN1Cc1ccoc1. The lowest BCUT2D eigenvalue weighted by molar-refractivity contribution is -0.125. The monoisotopic (exact) mass is 377 g/mol. The molecule has 2 aromatic rings. The molecule has 4 N–H and O–H groups in total. The Kier molecular flexibility index (Phi) is 5.89. The second-order valence-corrected chi connectivity index (χ2v) is 7.26. The molecule has 3 heterocycles. The second kappa shape index (κ2) is 8.33. The van der Waals surface area contributed by atoms with E-state index in [-0.39, 0.29) is 23.9 Å². The van der Waals surface area contributed by atoms with Gasteiger partial charge in [0.2, 0.25) is 11.8 Å². The number of hydrogen-bond acceptors (Lipinski definition) is 7. The van der Waals surface area contributed by atoms with Gasteiger partial charge in [-0.3, -0.25) is 14.5 Å². The fourth-order valence-electron chi connectivity index (χ4n) is 3.22. The number of anilines is 1. The van der Waals surface area contributed by atoms with Crippen LogP contribution in [0.25, 0.3) is 0 Å². The molecule has 0 bridgehead atoms. The number of hydrogen-bond donors (Lipinski definition) is 3. The Hall–Kier alpha value is -2.39. The van der Waals surface area contributed by atoms with Gasteiger partial charge in [0.15, 0.2) is 5.13 Å². The molecule has 0 spiro atoms. The first kappa shape index (κ1) is 18.4. The fraction of sp³-hybridized carbons (Fsp3) is 0.471. The zero-order chi connectivity index (χ0) is 18.5. The van der Waals surface area contributed by atoms with Crippen molar-refractivity contribution < 1.29 is 14.0 Å². The lowest BCUT2D eigenvalue weighted by Gasteiger charge is -2.21. The van der Waals surface area contributed by atoms with Crippen LogP contribution < -0.4 is 16.4 Å². The van der Waals surface area contributed by atoms with Gasteiger partial charge in [0, 0.05) is 43.5 Å². The smallest absolute Gasteiger partial charge is 0.237 e. The molecule has 8 nitrogen and oxygen atoms in total. The summed E-state index contributed by atoms with van der Waals surface area (Å²) in [4.78, 5) is 30.7. The van der Waals surface area contributed by atoms with Gasteiger partial charge in [0.1, 0.15) is 0 Å². The van der Waals surface area contributed by atoms with Crippen molar-refractivity contribution in [3.8, 4) is 0 Å². The first-order chi connectivity index (χ1) is 12.5. The van der Waals surface area contributed by atoms with Crippen LogP contribution in [-0.4, -0.2) is 47.4 Å². The Morgan fingerprint density at radius 2 is 2.35 bits per heavy atom. The first-order valence-electron chi connectivity index (χ1n) is 8.51. The van der Waals surface area contributed by atoms with Gasteiger partial charge in [-0.15, -0.1) is 11.3 Å². The van der Waals surface area contributed by atoms with E-state index in [0.717, 1.165) is 11.3 Å². The number of nitrogens with one attached hydrogen (secondary N) is 2. The fourth-order valence-corrected chi connectivity index (χ4v) is 3.82. The van der Waals surface area contributed by atoms with Crippen LogP contribution in [0.4, 0.5) is 5.13 Å². The number of nitrogens with two attached hydrogens (primary N) is 1. The standard InChI is InChI=1S/C17H23N5O3S/c1-19-16(24)14-6-13(8-22(14)7-11-4-5-25-9-11)20-15(23)3-2-12-10-26-17(18)21-12/h4-5,9-10,13-14H,2-3,6-8H2,1H3,(H2,18,21)(H,19,24)(H,20,23)/t13-,14+/m1/s1. The minimum Gasteiger partial charge on any atom is -0.472 e.